The molecular weight excluding hydrogens is 242 g/mol. The van der Waals surface area contributed by atoms with E-state index in [9.17, 15) is 4.79 Å². The summed E-state index contributed by atoms with van der Waals surface area (Å²) in [6.45, 7) is 9.77. The van der Waals surface area contributed by atoms with Crippen molar-refractivity contribution in [2.24, 2.45) is 10.8 Å². The van der Waals surface area contributed by atoms with Gasteiger partial charge in [0, 0.05) is 35.4 Å². The van der Waals surface area contributed by atoms with Crippen LogP contribution >= 0.6 is 11.8 Å². The molecule has 18 heavy (non-hydrogen) atoms. The van der Waals surface area contributed by atoms with Crippen molar-refractivity contribution in [2.45, 2.75) is 46.5 Å². The maximum Gasteiger partial charge on any atom is 0.148 e. The molecule has 2 heterocycles. The number of hydrogen-bond acceptors (Lipinski definition) is 3. The Bertz CT molecular complexity index is 298. The summed E-state index contributed by atoms with van der Waals surface area (Å²) in [7, 11) is 0. The van der Waals surface area contributed by atoms with Crippen molar-refractivity contribution in [2.75, 3.05) is 31.1 Å². The summed E-state index contributed by atoms with van der Waals surface area (Å²) in [5.41, 5.74) is -0.165. The summed E-state index contributed by atoms with van der Waals surface area (Å²) in [5, 5.41) is 0. The highest BCUT2D eigenvalue weighted by molar-refractivity contribution is 7.99. The number of rotatable bonds is 5. The van der Waals surface area contributed by atoms with Gasteiger partial charge in [0.2, 0.25) is 0 Å². The zero-order valence-electron chi connectivity index (χ0n) is 12.1. The zero-order valence-corrected chi connectivity index (χ0v) is 12.9. The number of carbonyl (C=O) groups is 1. The summed E-state index contributed by atoms with van der Waals surface area (Å²) < 4.78 is 0. The fourth-order valence-corrected chi connectivity index (χ4v) is 5.01. The number of Topliss-reactive ketones (excluding diaryl/α,β-unsaturated/α-hetero) is 1. The Morgan fingerprint density at radius 3 is 2.28 bits per heavy atom. The van der Waals surface area contributed by atoms with Crippen molar-refractivity contribution in [3.05, 3.63) is 0 Å². The zero-order chi connectivity index (χ0) is 13.2. The number of unbranched alkanes of at least 4 members (excludes halogenated alkanes) is 3. The van der Waals surface area contributed by atoms with E-state index >= 15 is 0 Å². The number of fused-ring (bicyclic) bond motifs is 2. The lowest BCUT2D eigenvalue weighted by atomic mass is 9.69. The Labute approximate surface area is 116 Å². The van der Waals surface area contributed by atoms with E-state index in [1.165, 1.54) is 32.2 Å². The number of thioether (sulfide) groups is 1. The van der Waals surface area contributed by atoms with Gasteiger partial charge >= 0.3 is 0 Å². The Kier molecular flexibility index (Phi) is 4.43. The van der Waals surface area contributed by atoms with Crippen LogP contribution in [-0.2, 0) is 4.79 Å². The lowest BCUT2D eigenvalue weighted by Crippen LogP contribution is -2.62. The SMILES string of the molecule is CCCCCCN1CC2(C)CSCC(C)(C1)C2=O. The molecule has 0 aromatic heterocycles. The number of piperidine rings is 1. The predicted octanol–water partition coefficient (Wildman–Crippen LogP) is 3.21. The van der Waals surface area contributed by atoms with Crippen LogP contribution in [0, 0.1) is 10.8 Å². The van der Waals surface area contributed by atoms with Crippen molar-refractivity contribution < 1.29 is 4.79 Å². The summed E-state index contributed by atoms with van der Waals surface area (Å²) in [5.74, 6) is 2.57. The molecule has 2 atom stereocenters. The molecule has 0 aromatic rings. The average molecular weight is 269 g/mol. The molecule has 0 N–H and O–H groups in total. The van der Waals surface area contributed by atoms with E-state index in [4.69, 9.17) is 0 Å². The van der Waals surface area contributed by atoms with Gasteiger partial charge in [-0.3, -0.25) is 4.79 Å². The number of ketones is 1. The normalized spacial score (nSPS) is 36.9. The van der Waals surface area contributed by atoms with Gasteiger partial charge in [-0.1, -0.05) is 40.0 Å². The molecule has 2 aliphatic heterocycles. The second-order valence-electron chi connectivity index (χ2n) is 6.71. The van der Waals surface area contributed by atoms with Gasteiger partial charge in [-0.2, -0.15) is 11.8 Å². The minimum atomic E-state index is -0.0827. The van der Waals surface area contributed by atoms with Crippen molar-refractivity contribution in [1.82, 2.24) is 4.90 Å². The van der Waals surface area contributed by atoms with E-state index in [1.807, 2.05) is 11.8 Å². The van der Waals surface area contributed by atoms with Crippen LogP contribution < -0.4 is 0 Å². The third kappa shape index (κ3) is 2.77. The van der Waals surface area contributed by atoms with Crippen LogP contribution in [0.15, 0.2) is 0 Å². The highest BCUT2D eigenvalue weighted by Gasteiger charge is 2.53. The molecule has 2 unspecified atom stereocenters. The molecule has 0 aliphatic carbocycles. The number of hydrogen-bond donors (Lipinski definition) is 0. The highest BCUT2D eigenvalue weighted by Crippen LogP contribution is 2.45. The van der Waals surface area contributed by atoms with Gasteiger partial charge in [0.1, 0.15) is 5.78 Å². The molecule has 0 spiro atoms. The molecule has 2 rings (SSSR count). The Morgan fingerprint density at radius 1 is 1.11 bits per heavy atom. The first kappa shape index (κ1) is 14.4. The maximum atomic E-state index is 12.5. The standard InChI is InChI=1S/C15H27NOS/c1-4-5-6-7-8-16-9-14(2)11-18-12-15(3,10-16)13(14)17/h4-12H2,1-3H3. The first-order valence-electron chi connectivity index (χ1n) is 7.35. The monoisotopic (exact) mass is 269 g/mol. The molecule has 104 valence electrons. The topological polar surface area (TPSA) is 20.3 Å². The van der Waals surface area contributed by atoms with Gasteiger partial charge in [0.15, 0.2) is 0 Å². The van der Waals surface area contributed by atoms with E-state index < -0.39 is 0 Å². The van der Waals surface area contributed by atoms with Crippen LogP contribution in [0.5, 0.6) is 0 Å². The van der Waals surface area contributed by atoms with E-state index in [1.54, 1.807) is 0 Å². The Morgan fingerprint density at radius 2 is 1.72 bits per heavy atom. The van der Waals surface area contributed by atoms with Crippen LogP contribution in [0.1, 0.15) is 46.5 Å². The largest absolute Gasteiger partial charge is 0.301 e. The van der Waals surface area contributed by atoms with E-state index in [0.717, 1.165) is 24.6 Å². The van der Waals surface area contributed by atoms with Crippen molar-refractivity contribution in [1.29, 1.82) is 0 Å². The molecule has 0 radical (unpaired) electrons. The minimum Gasteiger partial charge on any atom is -0.301 e. The van der Waals surface area contributed by atoms with Gasteiger partial charge < -0.3 is 4.90 Å². The third-order valence-corrected chi connectivity index (χ3v) is 6.09. The van der Waals surface area contributed by atoms with E-state index in [-0.39, 0.29) is 10.8 Å². The van der Waals surface area contributed by atoms with Gasteiger partial charge in [0.25, 0.3) is 0 Å². The van der Waals surface area contributed by atoms with Gasteiger partial charge in [0.05, 0.1) is 0 Å². The molecule has 2 saturated heterocycles. The van der Waals surface area contributed by atoms with Crippen LogP contribution in [0.3, 0.4) is 0 Å². The fourth-order valence-electron chi connectivity index (χ4n) is 3.56. The van der Waals surface area contributed by atoms with E-state index in [0.29, 0.717) is 5.78 Å². The second kappa shape index (κ2) is 5.54. The van der Waals surface area contributed by atoms with Crippen LogP contribution in [0.25, 0.3) is 0 Å². The highest BCUT2D eigenvalue weighted by atomic mass is 32.2. The molecule has 3 heteroatoms. The lowest BCUT2D eigenvalue weighted by Gasteiger charge is -2.51. The summed E-state index contributed by atoms with van der Waals surface area (Å²) in [6.07, 6.45) is 5.27. The smallest absolute Gasteiger partial charge is 0.148 e. The summed E-state index contributed by atoms with van der Waals surface area (Å²) in [6, 6.07) is 0. The number of carbonyl (C=O) groups excluding carboxylic acids is 1. The quantitative estimate of drug-likeness (QED) is 0.715. The van der Waals surface area contributed by atoms with Crippen molar-refractivity contribution in [3.8, 4) is 0 Å². The van der Waals surface area contributed by atoms with Gasteiger partial charge in [-0.15, -0.1) is 0 Å². The number of nitrogens with zero attached hydrogens (tertiary/aromatic N) is 1. The van der Waals surface area contributed by atoms with Crippen molar-refractivity contribution >= 4 is 17.5 Å². The molecule has 0 aromatic carbocycles. The summed E-state index contributed by atoms with van der Waals surface area (Å²) >= 11 is 1.97. The molecule has 0 amide bonds. The summed E-state index contributed by atoms with van der Waals surface area (Å²) in [4.78, 5) is 15.1. The second-order valence-corrected chi connectivity index (χ2v) is 7.70. The van der Waals surface area contributed by atoms with Gasteiger partial charge in [-0.25, -0.2) is 0 Å². The fraction of sp³-hybridized carbons (Fsp3) is 0.933. The predicted molar refractivity (Wildman–Crippen MR) is 79.1 cm³/mol. The third-order valence-electron chi connectivity index (χ3n) is 4.41. The van der Waals surface area contributed by atoms with Gasteiger partial charge in [-0.05, 0) is 13.0 Å². The first-order valence-corrected chi connectivity index (χ1v) is 8.51. The molecule has 0 saturated carbocycles. The molecule has 2 aliphatic rings. The lowest BCUT2D eigenvalue weighted by molar-refractivity contribution is -0.143. The first-order chi connectivity index (χ1) is 8.50. The Hall–Kier alpha value is -0.0200. The molecular formula is C15H27NOS. The number of likely N-dealkylation sites (tertiary alicyclic amines) is 1. The Balaban J connectivity index is 1.94. The van der Waals surface area contributed by atoms with Crippen molar-refractivity contribution in [3.63, 3.8) is 0 Å². The molecule has 2 fully saturated rings. The van der Waals surface area contributed by atoms with Crippen LogP contribution in [-0.4, -0.2) is 41.8 Å². The van der Waals surface area contributed by atoms with E-state index in [2.05, 4.69) is 25.7 Å². The van der Waals surface area contributed by atoms with Crippen LogP contribution in [0.4, 0.5) is 0 Å². The average Bonchev–Trinajstić information content (AvgIpc) is 2.30. The van der Waals surface area contributed by atoms with Crippen LogP contribution in [0.2, 0.25) is 0 Å². The maximum absolute atomic E-state index is 12.5. The molecule has 2 nitrogen and oxygen atoms in total. The molecule has 2 bridgehead atoms. The minimum absolute atomic E-state index is 0.0827.